The maximum absolute atomic E-state index is 14.1. The molecule has 1 unspecified atom stereocenters. The van der Waals surface area contributed by atoms with Gasteiger partial charge in [-0.05, 0) is 57.2 Å². The Morgan fingerprint density at radius 1 is 0.980 bits per heavy atom. The lowest BCUT2D eigenvalue weighted by molar-refractivity contribution is -0.143. The van der Waals surface area contributed by atoms with E-state index in [1.807, 2.05) is 87.3 Å². The Balaban J connectivity index is 1.72. The fourth-order valence-electron chi connectivity index (χ4n) is 7.90. The summed E-state index contributed by atoms with van der Waals surface area (Å²) in [6.45, 7) is 14.4. The maximum Gasteiger partial charge on any atom is 0.244 e. The number of aromatic nitrogens is 1. The van der Waals surface area contributed by atoms with Gasteiger partial charge in [-0.25, -0.2) is 4.98 Å². The van der Waals surface area contributed by atoms with E-state index < -0.39 is 24.1 Å². The first kappa shape index (κ1) is 42.1. The van der Waals surface area contributed by atoms with Gasteiger partial charge in [0.15, 0.2) is 0 Å². The average molecular weight is 727 g/mol. The summed E-state index contributed by atoms with van der Waals surface area (Å²) in [5.74, 6) is -1.02. The topological polar surface area (TPSA) is 124 Å². The summed E-state index contributed by atoms with van der Waals surface area (Å²) in [4.78, 5) is 64.7. The number of methoxy groups -OCH3 is 1. The molecule has 0 radical (unpaired) electrons. The number of rotatable bonds is 18. The molecule has 0 bridgehead atoms. The van der Waals surface area contributed by atoms with Crippen molar-refractivity contribution >= 4 is 35.0 Å². The molecule has 1 aromatic carbocycles. The van der Waals surface area contributed by atoms with Gasteiger partial charge in [-0.3, -0.25) is 24.1 Å². The molecule has 1 aromatic heterocycles. The minimum absolute atomic E-state index is 0.00846. The van der Waals surface area contributed by atoms with Crippen molar-refractivity contribution < 1.29 is 23.9 Å². The molecule has 9 atom stereocenters. The SMILES string of the molecule is CC[C@H](C)[C@@H]([C@H](C)CC(=O)N1CCC[C@H]1[C@H](OC)[C@@H](C)C(=O)NC(c1ccccc1)c1nccs1)N(C)C(=O)[C@H](C)NC(=O)[C@H](C(C)C)N(C)C. The fraction of sp³-hybridized carbons (Fsp3) is 0.667. The molecule has 2 aromatic rings. The average Bonchev–Trinajstić information content (AvgIpc) is 3.80. The van der Waals surface area contributed by atoms with Gasteiger partial charge in [0.05, 0.1) is 24.1 Å². The first-order valence-corrected chi connectivity index (χ1v) is 19.3. The first-order chi connectivity index (χ1) is 24.1. The van der Waals surface area contributed by atoms with Gasteiger partial charge in [0.25, 0.3) is 0 Å². The molecule has 1 aliphatic heterocycles. The molecule has 0 spiro atoms. The van der Waals surface area contributed by atoms with Crippen LogP contribution < -0.4 is 10.6 Å². The van der Waals surface area contributed by atoms with E-state index in [1.54, 1.807) is 32.2 Å². The second-order valence-electron chi connectivity index (χ2n) is 14.9. The second-order valence-corrected chi connectivity index (χ2v) is 15.8. The predicted molar refractivity (Wildman–Crippen MR) is 203 cm³/mol. The summed E-state index contributed by atoms with van der Waals surface area (Å²) in [7, 11) is 7.11. The molecule has 12 heteroatoms. The van der Waals surface area contributed by atoms with E-state index >= 15 is 0 Å². The van der Waals surface area contributed by atoms with Crippen molar-refractivity contribution in [2.75, 3.05) is 34.8 Å². The van der Waals surface area contributed by atoms with Crippen LogP contribution in [0.2, 0.25) is 0 Å². The Kier molecular flexibility index (Phi) is 16.1. The number of likely N-dealkylation sites (N-methyl/N-ethyl adjacent to an activating group) is 2. The lowest BCUT2D eigenvalue weighted by atomic mass is 9.85. The van der Waals surface area contributed by atoms with Crippen LogP contribution in [0.3, 0.4) is 0 Å². The number of hydrogen-bond acceptors (Lipinski definition) is 8. The Morgan fingerprint density at radius 2 is 1.65 bits per heavy atom. The lowest BCUT2D eigenvalue weighted by Crippen LogP contribution is -2.56. The highest BCUT2D eigenvalue weighted by atomic mass is 32.1. The summed E-state index contributed by atoms with van der Waals surface area (Å²) in [5.41, 5.74) is 0.943. The van der Waals surface area contributed by atoms with Gasteiger partial charge in [-0.1, -0.05) is 78.3 Å². The van der Waals surface area contributed by atoms with Gasteiger partial charge in [0, 0.05) is 44.7 Å². The largest absolute Gasteiger partial charge is 0.378 e. The van der Waals surface area contributed by atoms with Crippen molar-refractivity contribution in [3.05, 3.63) is 52.5 Å². The Bertz CT molecular complexity index is 1400. The molecule has 0 saturated carbocycles. The van der Waals surface area contributed by atoms with Crippen LogP contribution in [0.15, 0.2) is 41.9 Å². The van der Waals surface area contributed by atoms with Gasteiger partial charge in [0.2, 0.25) is 23.6 Å². The van der Waals surface area contributed by atoms with Crippen LogP contribution in [0, 0.1) is 23.7 Å². The molecule has 2 N–H and O–H groups in total. The highest BCUT2D eigenvalue weighted by molar-refractivity contribution is 7.09. The van der Waals surface area contributed by atoms with Gasteiger partial charge in [-0.2, -0.15) is 0 Å². The molecule has 1 aliphatic rings. The number of amides is 4. The van der Waals surface area contributed by atoms with E-state index in [0.717, 1.165) is 29.8 Å². The first-order valence-electron chi connectivity index (χ1n) is 18.4. The monoisotopic (exact) mass is 726 g/mol. The number of carbonyl (C=O) groups excluding carboxylic acids is 4. The van der Waals surface area contributed by atoms with E-state index in [1.165, 1.54) is 11.3 Å². The molecule has 1 fully saturated rings. The number of ether oxygens (including phenoxy) is 1. The quantitative estimate of drug-likeness (QED) is 0.222. The molecule has 4 amide bonds. The predicted octanol–water partition coefficient (Wildman–Crippen LogP) is 4.98. The number of nitrogens with one attached hydrogen (secondary N) is 2. The third kappa shape index (κ3) is 10.6. The van der Waals surface area contributed by atoms with Crippen molar-refractivity contribution in [2.45, 2.75) is 110 Å². The third-order valence-electron chi connectivity index (χ3n) is 10.6. The molecule has 0 aliphatic carbocycles. The Morgan fingerprint density at radius 3 is 2.20 bits per heavy atom. The number of nitrogens with zero attached hydrogens (tertiary/aromatic N) is 4. The van der Waals surface area contributed by atoms with Crippen molar-refractivity contribution in [3.8, 4) is 0 Å². The zero-order valence-electron chi connectivity index (χ0n) is 32.6. The number of benzene rings is 1. The van der Waals surface area contributed by atoms with Crippen LogP contribution >= 0.6 is 11.3 Å². The van der Waals surface area contributed by atoms with E-state index in [9.17, 15) is 19.2 Å². The lowest BCUT2D eigenvalue weighted by Gasteiger charge is -2.40. The number of hydrogen-bond donors (Lipinski definition) is 2. The van der Waals surface area contributed by atoms with Crippen molar-refractivity contribution in [1.29, 1.82) is 0 Å². The van der Waals surface area contributed by atoms with Gasteiger partial charge < -0.3 is 25.2 Å². The summed E-state index contributed by atoms with van der Waals surface area (Å²) in [5, 5.41) is 8.84. The Labute approximate surface area is 309 Å². The van der Waals surface area contributed by atoms with Gasteiger partial charge in [0.1, 0.15) is 17.1 Å². The molecule has 3 rings (SSSR count). The highest BCUT2D eigenvalue weighted by Crippen LogP contribution is 2.31. The van der Waals surface area contributed by atoms with Gasteiger partial charge >= 0.3 is 0 Å². The van der Waals surface area contributed by atoms with Crippen LogP contribution in [-0.4, -0.2) is 108 Å². The summed E-state index contributed by atoms with van der Waals surface area (Å²) < 4.78 is 6.00. The summed E-state index contributed by atoms with van der Waals surface area (Å²) in [6.07, 6.45) is 3.86. The smallest absolute Gasteiger partial charge is 0.244 e. The third-order valence-corrected chi connectivity index (χ3v) is 11.4. The summed E-state index contributed by atoms with van der Waals surface area (Å²) in [6, 6.07) is 7.85. The molecular weight excluding hydrogens is 665 g/mol. The van der Waals surface area contributed by atoms with Crippen LogP contribution in [0.5, 0.6) is 0 Å². The van der Waals surface area contributed by atoms with Crippen molar-refractivity contribution in [1.82, 2.24) is 30.3 Å². The van der Waals surface area contributed by atoms with Crippen LogP contribution in [0.4, 0.5) is 0 Å². The number of carbonyl (C=O) groups is 4. The van der Waals surface area contributed by atoms with Crippen molar-refractivity contribution in [2.24, 2.45) is 23.7 Å². The molecule has 1 saturated heterocycles. The number of likely N-dealkylation sites (tertiary alicyclic amines) is 1. The Hall–Kier alpha value is -3.35. The van der Waals surface area contributed by atoms with E-state index in [0.29, 0.717) is 6.54 Å². The van der Waals surface area contributed by atoms with Gasteiger partial charge in [-0.15, -0.1) is 11.3 Å². The minimum atomic E-state index is -0.715. The fourth-order valence-corrected chi connectivity index (χ4v) is 8.61. The standard InChI is InChI=1S/C39H62N6O5S/c1-12-25(4)34(44(10)39(49)28(7)41-37(48)33(24(2)3)43(8)9)26(5)23-31(46)45-21-16-19-30(45)35(50-11)27(6)36(47)42-32(38-40-20-22-51-38)29-17-14-13-15-18-29/h13-15,17-18,20,22,24-28,30,32-35H,12,16,19,21,23H2,1-11H3,(H,41,48)(H,42,47)/t25-,26+,27+,28-,30-,32?,33-,34-,35+/m0/s1. The van der Waals surface area contributed by atoms with E-state index in [-0.39, 0.29) is 65.9 Å². The molecule has 11 nitrogen and oxygen atoms in total. The highest BCUT2D eigenvalue weighted by Gasteiger charge is 2.42. The van der Waals surface area contributed by atoms with E-state index in [2.05, 4.69) is 29.5 Å². The molecule has 51 heavy (non-hydrogen) atoms. The van der Waals surface area contributed by atoms with Crippen LogP contribution in [-0.2, 0) is 23.9 Å². The summed E-state index contributed by atoms with van der Waals surface area (Å²) >= 11 is 1.49. The van der Waals surface area contributed by atoms with Crippen LogP contribution in [0.1, 0.15) is 90.8 Å². The molecule has 2 heterocycles. The zero-order valence-corrected chi connectivity index (χ0v) is 33.4. The number of thiazole rings is 1. The zero-order chi connectivity index (χ0) is 38.0. The maximum atomic E-state index is 14.1. The minimum Gasteiger partial charge on any atom is -0.378 e. The normalized spacial score (nSPS) is 19.5. The second kappa shape index (κ2) is 19.5. The van der Waals surface area contributed by atoms with Crippen LogP contribution in [0.25, 0.3) is 0 Å². The molecular formula is C39H62N6O5S. The van der Waals surface area contributed by atoms with E-state index in [4.69, 9.17) is 4.74 Å². The van der Waals surface area contributed by atoms with Crippen molar-refractivity contribution in [3.63, 3.8) is 0 Å². The molecule has 284 valence electrons.